The summed E-state index contributed by atoms with van der Waals surface area (Å²) >= 11 is 0. The Kier molecular flexibility index (Phi) is 4.74. The molecule has 0 heterocycles. The Morgan fingerprint density at radius 2 is 1.80 bits per heavy atom. The van der Waals surface area contributed by atoms with Gasteiger partial charge in [0.1, 0.15) is 11.9 Å². The molecule has 1 aliphatic rings. The lowest BCUT2D eigenvalue weighted by Crippen LogP contribution is -2.59. The van der Waals surface area contributed by atoms with Crippen LogP contribution in [0.2, 0.25) is 0 Å². The topological polar surface area (TPSA) is 29.5 Å². The van der Waals surface area contributed by atoms with Gasteiger partial charge in [-0.3, -0.25) is 0 Å². The van der Waals surface area contributed by atoms with Gasteiger partial charge in [-0.25, -0.2) is 0 Å². The Hall–Kier alpha value is -1.02. The van der Waals surface area contributed by atoms with Crippen molar-refractivity contribution < 1.29 is 9.84 Å². The first kappa shape index (κ1) is 15.4. The molecule has 3 unspecified atom stereocenters. The summed E-state index contributed by atoms with van der Waals surface area (Å²) in [5.74, 6) is 1.53. The van der Waals surface area contributed by atoms with Crippen LogP contribution in [0.5, 0.6) is 5.75 Å². The Morgan fingerprint density at radius 1 is 1.20 bits per heavy atom. The van der Waals surface area contributed by atoms with Crippen LogP contribution in [-0.4, -0.2) is 17.3 Å². The molecule has 0 aromatic heterocycles. The van der Waals surface area contributed by atoms with Gasteiger partial charge in [0.25, 0.3) is 0 Å². The van der Waals surface area contributed by atoms with E-state index in [-0.39, 0.29) is 17.6 Å². The SMILES string of the molecule is CCC(C)c1ccc(OC2CC(O)C2(CC)CC)cc1. The van der Waals surface area contributed by atoms with Gasteiger partial charge < -0.3 is 9.84 Å². The van der Waals surface area contributed by atoms with Gasteiger partial charge in [0.15, 0.2) is 0 Å². The zero-order valence-corrected chi connectivity index (χ0v) is 13.2. The molecule has 0 bridgehead atoms. The zero-order valence-electron chi connectivity index (χ0n) is 13.2. The Bertz CT molecular complexity index is 420. The Labute approximate surface area is 123 Å². The molecule has 0 spiro atoms. The predicted octanol–water partition coefficient (Wildman–Crippen LogP) is 4.52. The summed E-state index contributed by atoms with van der Waals surface area (Å²) in [7, 11) is 0. The molecule has 1 N–H and O–H groups in total. The van der Waals surface area contributed by atoms with Gasteiger partial charge in [-0.15, -0.1) is 0 Å². The van der Waals surface area contributed by atoms with E-state index in [0.29, 0.717) is 5.92 Å². The first-order valence-corrected chi connectivity index (χ1v) is 8.02. The van der Waals surface area contributed by atoms with Gasteiger partial charge in [-0.1, -0.05) is 39.8 Å². The summed E-state index contributed by atoms with van der Waals surface area (Å²) < 4.78 is 6.13. The summed E-state index contributed by atoms with van der Waals surface area (Å²) in [6.07, 6.45) is 3.81. The van der Waals surface area contributed by atoms with Crippen LogP contribution in [0.3, 0.4) is 0 Å². The van der Waals surface area contributed by atoms with Crippen LogP contribution >= 0.6 is 0 Å². The predicted molar refractivity (Wildman–Crippen MR) is 83.2 cm³/mol. The van der Waals surface area contributed by atoms with E-state index >= 15 is 0 Å². The molecule has 2 nitrogen and oxygen atoms in total. The van der Waals surface area contributed by atoms with Crippen LogP contribution < -0.4 is 4.74 Å². The molecular formula is C18H28O2. The first-order valence-electron chi connectivity index (χ1n) is 8.02. The molecule has 2 heteroatoms. The molecule has 1 saturated carbocycles. The Morgan fingerprint density at radius 3 is 2.25 bits per heavy atom. The lowest BCUT2D eigenvalue weighted by atomic mass is 9.60. The standard InChI is InChI=1S/C18H28O2/c1-5-13(4)14-8-10-15(11-9-14)20-17-12-16(19)18(17,6-2)7-3/h8-11,13,16-17,19H,5-7,12H2,1-4H3. The van der Waals surface area contributed by atoms with E-state index in [1.54, 1.807) is 0 Å². The molecule has 3 atom stereocenters. The number of hydrogen-bond donors (Lipinski definition) is 1. The van der Waals surface area contributed by atoms with Gasteiger partial charge in [-0.05, 0) is 42.9 Å². The Balaban J connectivity index is 2.04. The molecule has 112 valence electrons. The van der Waals surface area contributed by atoms with Crippen LogP contribution in [0.4, 0.5) is 0 Å². The number of aliphatic hydroxyl groups excluding tert-OH is 1. The minimum absolute atomic E-state index is 0.0462. The van der Waals surface area contributed by atoms with E-state index in [1.807, 2.05) is 0 Å². The summed E-state index contributed by atoms with van der Waals surface area (Å²) in [6.45, 7) is 8.75. The smallest absolute Gasteiger partial charge is 0.119 e. The van der Waals surface area contributed by atoms with Crippen molar-refractivity contribution >= 4 is 0 Å². The number of ether oxygens (including phenoxy) is 1. The second kappa shape index (κ2) is 6.17. The fraction of sp³-hybridized carbons (Fsp3) is 0.667. The van der Waals surface area contributed by atoms with E-state index in [0.717, 1.165) is 31.4 Å². The third-order valence-corrected chi connectivity index (χ3v) is 5.40. The third-order valence-electron chi connectivity index (χ3n) is 5.40. The lowest BCUT2D eigenvalue weighted by molar-refractivity contribution is -0.159. The highest BCUT2D eigenvalue weighted by Gasteiger charge is 2.53. The molecule has 1 fully saturated rings. The van der Waals surface area contributed by atoms with Crippen LogP contribution in [-0.2, 0) is 0 Å². The number of aliphatic hydroxyl groups is 1. The molecule has 1 aromatic carbocycles. The van der Waals surface area contributed by atoms with Crippen LogP contribution in [0.15, 0.2) is 24.3 Å². The number of rotatable bonds is 6. The number of hydrogen-bond acceptors (Lipinski definition) is 2. The summed E-state index contributed by atoms with van der Waals surface area (Å²) in [5.41, 5.74) is 1.32. The zero-order chi connectivity index (χ0) is 14.8. The van der Waals surface area contributed by atoms with Crippen LogP contribution in [0.25, 0.3) is 0 Å². The van der Waals surface area contributed by atoms with Crippen molar-refractivity contribution in [2.45, 2.75) is 71.5 Å². The normalized spacial score (nSPS) is 25.9. The van der Waals surface area contributed by atoms with Gasteiger partial charge in [0.05, 0.1) is 6.10 Å². The van der Waals surface area contributed by atoms with E-state index < -0.39 is 0 Å². The van der Waals surface area contributed by atoms with Crippen LogP contribution in [0.1, 0.15) is 64.9 Å². The first-order chi connectivity index (χ1) is 9.57. The molecule has 0 amide bonds. The minimum Gasteiger partial charge on any atom is -0.490 e. The molecule has 1 aromatic rings. The highest BCUT2D eigenvalue weighted by molar-refractivity contribution is 5.30. The van der Waals surface area contributed by atoms with Crippen molar-refractivity contribution in [1.82, 2.24) is 0 Å². The average Bonchev–Trinajstić information content (AvgIpc) is 2.48. The largest absolute Gasteiger partial charge is 0.490 e. The minimum atomic E-state index is -0.207. The second-order valence-corrected chi connectivity index (χ2v) is 6.18. The summed E-state index contributed by atoms with van der Waals surface area (Å²) in [4.78, 5) is 0. The van der Waals surface area contributed by atoms with Crippen molar-refractivity contribution in [3.63, 3.8) is 0 Å². The number of benzene rings is 1. The van der Waals surface area contributed by atoms with E-state index in [4.69, 9.17) is 4.74 Å². The second-order valence-electron chi connectivity index (χ2n) is 6.18. The molecule has 0 saturated heterocycles. The lowest BCUT2D eigenvalue weighted by Gasteiger charge is -2.52. The van der Waals surface area contributed by atoms with Gasteiger partial charge in [-0.2, -0.15) is 0 Å². The maximum Gasteiger partial charge on any atom is 0.119 e. The molecular weight excluding hydrogens is 248 g/mol. The van der Waals surface area contributed by atoms with E-state index in [9.17, 15) is 5.11 Å². The van der Waals surface area contributed by atoms with E-state index in [2.05, 4.69) is 52.0 Å². The van der Waals surface area contributed by atoms with Crippen molar-refractivity contribution in [1.29, 1.82) is 0 Å². The fourth-order valence-corrected chi connectivity index (χ4v) is 3.34. The summed E-state index contributed by atoms with van der Waals surface area (Å²) in [5, 5.41) is 10.1. The third kappa shape index (κ3) is 2.58. The van der Waals surface area contributed by atoms with Gasteiger partial charge in [0, 0.05) is 11.8 Å². The van der Waals surface area contributed by atoms with Gasteiger partial charge in [0.2, 0.25) is 0 Å². The maximum atomic E-state index is 10.1. The summed E-state index contributed by atoms with van der Waals surface area (Å²) in [6, 6.07) is 8.47. The highest BCUT2D eigenvalue weighted by Crippen LogP contribution is 2.48. The average molecular weight is 276 g/mol. The molecule has 2 rings (SSSR count). The monoisotopic (exact) mass is 276 g/mol. The quantitative estimate of drug-likeness (QED) is 0.828. The van der Waals surface area contributed by atoms with Crippen molar-refractivity contribution in [3.8, 4) is 5.75 Å². The van der Waals surface area contributed by atoms with E-state index in [1.165, 1.54) is 5.56 Å². The molecule has 0 radical (unpaired) electrons. The van der Waals surface area contributed by atoms with Crippen molar-refractivity contribution in [3.05, 3.63) is 29.8 Å². The van der Waals surface area contributed by atoms with Crippen LogP contribution in [0, 0.1) is 5.41 Å². The molecule has 0 aliphatic heterocycles. The van der Waals surface area contributed by atoms with Crippen molar-refractivity contribution in [2.24, 2.45) is 5.41 Å². The molecule has 1 aliphatic carbocycles. The highest BCUT2D eigenvalue weighted by atomic mass is 16.5. The maximum absolute atomic E-state index is 10.1. The van der Waals surface area contributed by atoms with Gasteiger partial charge >= 0.3 is 0 Å². The fourth-order valence-electron chi connectivity index (χ4n) is 3.34. The molecule has 20 heavy (non-hydrogen) atoms. The van der Waals surface area contributed by atoms with Crippen molar-refractivity contribution in [2.75, 3.05) is 0 Å².